The highest BCUT2D eigenvalue weighted by atomic mass is 32.1. The third-order valence-corrected chi connectivity index (χ3v) is 0.995. The van der Waals surface area contributed by atoms with Crippen LogP contribution in [0.2, 0.25) is 0 Å². The number of aromatic amines is 1. The maximum Gasteiger partial charge on any atom is 0.314 e. The molecule has 0 radical (unpaired) electrons. The van der Waals surface area contributed by atoms with E-state index in [1.807, 2.05) is 0 Å². The zero-order valence-corrected chi connectivity index (χ0v) is 5.57. The van der Waals surface area contributed by atoms with Crippen LogP contribution in [0, 0.1) is 4.84 Å². The van der Waals surface area contributed by atoms with Crippen molar-refractivity contribution in [2.24, 2.45) is 0 Å². The summed E-state index contributed by atoms with van der Waals surface area (Å²) in [6.07, 6.45) is 2.39. The molecule has 1 N–H and O–H groups in total. The Kier molecular flexibility index (Phi) is 1.79. The molecule has 1 aromatic rings. The van der Waals surface area contributed by atoms with Gasteiger partial charge in [-0.1, -0.05) is 6.08 Å². The molecule has 1 aromatic heterocycles. The molecule has 0 spiro atoms. The van der Waals surface area contributed by atoms with E-state index in [0.717, 1.165) is 5.82 Å². The van der Waals surface area contributed by atoms with Crippen LogP contribution in [0.15, 0.2) is 17.2 Å². The number of rotatable bonds is 2. The number of allylic oxidation sites excluding steroid dienone is 1. The molecule has 3 nitrogen and oxygen atoms in total. The van der Waals surface area contributed by atoms with Crippen molar-refractivity contribution < 1.29 is 4.52 Å². The minimum atomic E-state index is 0.242. The Morgan fingerprint density at radius 1 is 1.89 bits per heavy atom. The predicted molar refractivity (Wildman–Crippen MR) is 35.6 cm³/mol. The maximum absolute atomic E-state index is 4.65. The standard InChI is InChI=1S/C5H6N2OS/c1-2-3-4-6-5(9)8-7-4/h2H,1,3H2,(H,6,7,9). The van der Waals surface area contributed by atoms with E-state index >= 15 is 0 Å². The Bertz CT molecular complexity index is 249. The molecule has 0 saturated heterocycles. The molecule has 4 heteroatoms. The van der Waals surface area contributed by atoms with Crippen LogP contribution < -0.4 is 0 Å². The van der Waals surface area contributed by atoms with Crippen molar-refractivity contribution in [1.29, 1.82) is 0 Å². The number of hydrogen-bond acceptors (Lipinski definition) is 3. The highest BCUT2D eigenvalue weighted by Gasteiger charge is 1.91. The second-order valence-corrected chi connectivity index (χ2v) is 1.87. The Hall–Kier alpha value is -0.900. The van der Waals surface area contributed by atoms with Gasteiger partial charge in [-0.3, -0.25) is 0 Å². The topological polar surface area (TPSA) is 41.8 Å². The van der Waals surface area contributed by atoms with Crippen LogP contribution in [-0.2, 0) is 6.42 Å². The molecule has 0 bridgehead atoms. The van der Waals surface area contributed by atoms with Gasteiger partial charge in [-0.25, -0.2) is 5.16 Å². The van der Waals surface area contributed by atoms with Gasteiger partial charge in [0.2, 0.25) is 0 Å². The number of nitrogens with one attached hydrogen (secondary N) is 1. The molecule has 0 saturated carbocycles. The molecule has 0 aliphatic rings. The highest BCUT2D eigenvalue weighted by Crippen LogP contribution is 1.91. The molecule has 0 unspecified atom stereocenters. The van der Waals surface area contributed by atoms with Gasteiger partial charge in [0, 0.05) is 6.42 Å². The first-order chi connectivity index (χ1) is 4.33. The van der Waals surface area contributed by atoms with Crippen molar-refractivity contribution in [3.63, 3.8) is 0 Å². The van der Waals surface area contributed by atoms with Gasteiger partial charge in [-0.15, -0.1) is 6.58 Å². The first kappa shape index (κ1) is 6.22. The number of nitrogens with zero attached hydrogens (tertiary/aromatic N) is 1. The summed E-state index contributed by atoms with van der Waals surface area (Å²) in [5, 5.41) is 2.54. The van der Waals surface area contributed by atoms with Crippen molar-refractivity contribution >= 4 is 12.2 Å². The van der Waals surface area contributed by atoms with Crippen molar-refractivity contribution in [2.75, 3.05) is 0 Å². The molecular formula is C5H6N2OS. The summed E-state index contributed by atoms with van der Waals surface area (Å²) in [7, 11) is 0. The first-order valence-corrected chi connectivity index (χ1v) is 2.89. The van der Waals surface area contributed by atoms with Gasteiger partial charge in [0.15, 0.2) is 0 Å². The zero-order chi connectivity index (χ0) is 6.69. The van der Waals surface area contributed by atoms with Crippen LogP contribution >= 0.6 is 12.2 Å². The third-order valence-electron chi connectivity index (χ3n) is 0.820. The summed E-state index contributed by atoms with van der Waals surface area (Å²) in [4.78, 5) is 4.06. The lowest BCUT2D eigenvalue weighted by atomic mass is 10.4. The van der Waals surface area contributed by atoms with Crippen LogP contribution in [-0.4, -0.2) is 10.1 Å². The molecule has 0 atom stereocenters. The van der Waals surface area contributed by atoms with E-state index in [0.29, 0.717) is 6.42 Å². The monoisotopic (exact) mass is 142 g/mol. The molecule has 48 valence electrons. The van der Waals surface area contributed by atoms with Crippen LogP contribution in [0.3, 0.4) is 0 Å². The Morgan fingerprint density at radius 2 is 2.67 bits per heavy atom. The second kappa shape index (κ2) is 2.59. The molecule has 0 aromatic carbocycles. The lowest BCUT2D eigenvalue weighted by Gasteiger charge is -1.78. The first-order valence-electron chi connectivity index (χ1n) is 2.48. The van der Waals surface area contributed by atoms with Crippen LogP contribution in [0.25, 0.3) is 0 Å². The van der Waals surface area contributed by atoms with Gasteiger partial charge in [-0.2, -0.15) is 4.98 Å². The summed E-state index contributed by atoms with van der Waals surface area (Å²) >= 11 is 4.60. The zero-order valence-electron chi connectivity index (χ0n) is 4.76. The van der Waals surface area contributed by atoms with Crippen molar-refractivity contribution in [3.8, 4) is 0 Å². The molecule has 1 heterocycles. The quantitative estimate of drug-likeness (QED) is 0.502. The van der Waals surface area contributed by atoms with Crippen molar-refractivity contribution in [1.82, 2.24) is 10.1 Å². The predicted octanol–water partition coefficient (Wildman–Crippen LogP) is 1.46. The number of H-pyrrole nitrogens is 1. The molecular weight excluding hydrogens is 136 g/mol. The van der Waals surface area contributed by atoms with Crippen LogP contribution in [0.5, 0.6) is 0 Å². The van der Waals surface area contributed by atoms with E-state index in [9.17, 15) is 0 Å². The van der Waals surface area contributed by atoms with E-state index in [1.165, 1.54) is 0 Å². The normalized spacial score (nSPS) is 9.33. The van der Waals surface area contributed by atoms with E-state index < -0.39 is 0 Å². The van der Waals surface area contributed by atoms with Crippen molar-refractivity contribution in [3.05, 3.63) is 23.3 Å². The van der Waals surface area contributed by atoms with Gasteiger partial charge in [0.25, 0.3) is 0 Å². The fourth-order valence-corrected chi connectivity index (χ4v) is 0.634. The lowest BCUT2D eigenvalue weighted by Crippen LogP contribution is -1.81. The summed E-state index contributed by atoms with van der Waals surface area (Å²) in [5.74, 6) is 0.718. The van der Waals surface area contributed by atoms with Crippen LogP contribution in [0.4, 0.5) is 0 Å². The fraction of sp³-hybridized carbons (Fsp3) is 0.200. The van der Waals surface area contributed by atoms with Gasteiger partial charge < -0.3 is 4.52 Å². The molecule has 1 rings (SSSR count). The Labute approximate surface area is 57.4 Å². The fourth-order valence-electron chi connectivity index (χ4n) is 0.482. The third kappa shape index (κ3) is 1.50. The van der Waals surface area contributed by atoms with E-state index in [2.05, 4.69) is 33.5 Å². The summed E-state index contributed by atoms with van der Waals surface area (Å²) < 4.78 is 4.65. The largest absolute Gasteiger partial charge is 0.348 e. The molecule has 0 amide bonds. The van der Waals surface area contributed by atoms with E-state index in [-0.39, 0.29) is 4.84 Å². The average molecular weight is 142 g/mol. The van der Waals surface area contributed by atoms with Gasteiger partial charge >= 0.3 is 4.84 Å². The minimum Gasteiger partial charge on any atom is -0.348 e. The Morgan fingerprint density at radius 3 is 3.11 bits per heavy atom. The highest BCUT2D eigenvalue weighted by molar-refractivity contribution is 7.71. The second-order valence-electron chi connectivity index (χ2n) is 1.52. The smallest absolute Gasteiger partial charge is 0.314 e. The molecule has 9 heavy (non-hydrogen) atoms. The molecule has 0 aliphatic heterocycles. The molecule has 0 aliphatic carbocycles. The van der Waals surface area contributed by atoms with Gasteiger partial charge in [0.1, 0.15) is 5.82 Å². The summed E-state index contributed by atoms with van der Waals surface area (Å²) in [6.45, 7) is 3.53. The van der Waals surface area contributed by atoms with Crippen molar-refractivity contribution in [2.45, 2.75) is 6.42 Å². The summed E-state index contributed by atoms with van der Waals surface area (Å²) in [5.41, 5.74) is 0. The van der Waals surface area contributed by atoms with Gasteiger partial charge in [0.05, 0.1) is 0 Å². The lowest BCUT2D eigenvalue weighted by molar-refractivity contribution is 0.399. The minimum absolute atomic E-state index is 0.242. The number of hydrogen-bond donors (Lipinski definition) is 1. The Balaban J connectivity index is 2.84. The van der Waals surface area contributed by atoms with E-state index in [1.54, 1.807) is 6.08 Å². The van der Waals surface area contributed by atoms with E-state index in [4.69, 9.17) is 0 Å². The summed E-state index contributed by atoms with van der Waals surface area (Å²) in [6, 6.07) is 0. The molecule has 0 fully saturated rings. The van der Waals surface area contributed by atoms with Gasteiger partial charge in [-0.05, 0) is 12.2 Å². The van der Waals surface area contributed by atoms with Crippen LogP contribution in [0.1, 0.15) is 5.82 Å². The SMILES string of the molecule is C=CCc1nc(=S)o[nH]1. The average Bonchev–Trinajstić information content (AvgIpc) is 2.17. The number of aromatic nitrogens is 2. The maximum atomic E-state index is 4.65.